The second kappa shape index (κ2) is 5.05. The fourth-order valence-electron chi connectivity index (χ4n) is 1.75. The number of nitrogens with zero attached hydrogens (tertiary/aromatic N) is 3. The van der Waals surface area contributed by atoms with Gasteiger partial charge >= 0.3 is 5.69 Å². The van der Waals surface area contributed by atoms with E-state index >= 15 is 0 Å². The smallest absolute Gasteiger partial charge is 0.305 e. The highest BCUT2D eigenvalue weighted by molar-refractivity contribution is 5.31. The van der Waals surface area contributed by atoms with Gasteiger partial charge in [-0.2, -0.15) is 0 Å². The number of hydrogen-bond acceptors (Lipinski definition) is 6. The monoisotopic (exact) mass is 238 g/mol. The van der Waals surface area contributed by atoms with Gasteiger partial charge in [-0.3, -0.25) is 10.1 Å². The molecule has 0 bridgehead atoms. The van der Waals surface area contributed by atoms with E-state index in [1.54, 1.807) is 0 Å². The average Bonchev–Trinajstić information content (AvgIpc) is 2.33. The molecule has 2 unspecified atom stereocenters. The summed E-state index contributed by atoms with van der Waals surface area (Å²) in [5.41, 5.74) is -0.101. The Morgan fingerprint density at radius 1 is 1.53 bits per heavy atom. The predicted octanol–water partition coefficient (Wildman–Crippen LogP) is 1.22. The Kier molecular flexibility index (Phi) is 3.48. The van der Waals surface area contributed by atoms with Crippen LogP contribution in [0.5, 0.6) is 0 Å². The molecule has 0 spiro atoms. The van der Waals surface area contributed by atoms with E-state index in [9.17, 15) is 10.1 Å². The Labute approximate surface area is 98.4 Å². The highest BCUT2D eigenvalue weighted by atomic mass is 16.6. The number of nitro groups is 1. The Balaban J connectivity index is 2.00. The third kappa shape index (κ3) is 2.88. The summed E-state index contributed by atoms with van der Waals surface area (Å²) >= 11 is 0. The van der Waals surface area contributed by atoms with Gasteiger partial charge in [0, 0.05) is 12.6 Å². The van der Waals surface area contributed by atoms with Crippen LogP contribution in [0.25, 0.3) is 0 Å². The van der Waals surface area contributed by atoms with Gasteiger partial charge in [0.05, 0.1) is 11.5 Å². The molecule has 1 N–H and O–H groups in total. The number of anilines is 1. The third-order valence-electron chi connectivity index (χ3n) is 2.80. The van der Waals surface area contributed by atoms with Crippen LogP contribution in [0.1, 0.15) is 13.3 Å². The molecule has 2 heterocycles. The zero-order valence-corrected chi connectivity index (χ0v) is 9.50. The lowest BCUT2D eigenvalue weighted by Gasteiger charge is -2.29. The van der Waals surface area contributed by atoms with Crippen molar-refractivity contribution in [2.75, 3.05) is 18.5 Å². The van der Waals surface area contributed by atoms with Gasteiger partial charge in [0.2, 0.25) is 5.95 Å². The van der Waals surface area contributed by atoms with Crippen LogP contribution in [0.4, 0.5) is 11.6 Å². The molecule has 2 rings (SSSR count). The van der Waals surface area contributed by atoms with E-state index in [2.05, 4.69) is 22.2 Å². The molecule has 1 saturated heterocycles. The first-order chi connectivity index (χ1) is 8.16. The van der Waals surface area contributed by atoms with E-state index in [-0.39, 0.29) is 11.7 Å². The Hall–Kier alpha value is -1.76. The van der Waals surface area contributed by atoms with Crippen molar-refractivity contribution < 1.29 is 9.66 Å². The Morgan fingerprint density at radius 3 is 2.82 bits per heavy atom. The van der Waals surface area contributed by atoms with Gasteiger partial charge in [0.15, 0.2) is 0 Å². The topological polar surface area (TPSA) is 90.2 Å². The summed E-state index contributed by atoms with van der Waals surface area (Å²) < 4.78 is 5.33. The normalized spacial score (nSPS) is 24.3. The number of nitrogens with one attached hydrogen (secondary N) is 1. The minimum Gasteiger partial charge on any atom is -0.381 e. The first-order valence-electron chi connectivity index (χ1n) is 5.47. The lowest BCUT2D eigenvalue weighted by Crippen LogP contribution is -2.36. The molecule has 7 heteroatoms. The molecule has 7 nitrogen and oxygen atoms in total. The van der Waals surface area contributed by atoms with Crippen LogP contribution < -0.4 is 5.32 Å². The largest absolute Gasteiger partial charge is 0.381 e. The van der Waals surface area contributed by atoms with Crippen molar-refractivity contribution >= 4 is 11.6 Å². The van der Waals surface area contributed by atoms with Crippen molar-refractivity contribution in [2.45, 2.75) is 19.4 Å². The molecule has 1 fully saturated rings. The molecular weight excluding hydrogens is 224 g/mol. The minimum atomic E-state index is -0.513. The van der Waals surface area contributed by atoms with Crippen molar-refractivity contribution in [3.63, 3.8) is 0 Å². The lowest BCUT2D eigenvalue weighted by molar-refractivity contribution is -0.385. The molecule has 0 aliphatic carbocycles. The van der Waals surface area contributed by atoms with E-state index in [1.807, 2.05) is 0 Å². The lowest BCUT2D eigenvalue weighted by atomic mass is 9.98. The molecule has 92 valence electrons. The van der Waals surface area contributed by atoms with Gasteiger partial charge in [-0.1, -0.05) is 6.92 Å². The molecule has 17 heavy (non-hydrogen) atoms. The van der Waals surface area contributed by atoms with E-state index < -0.39 is 4.92 Å². The first-order valence-corrected chi connectivity index (χ1v) is 5.47. The molecular formula is C10H14N4O3. The summed E-state index contributed by atoms with van der Waals surface area (Å²) in [6.07, 6.45) is 3.31. The summed E-state index contributed by atoms with van der Waals surface area (Å²) in [6, 6.07) is 0.255. The van der Waals surface area contributed by atoms with Gasteiger partial charge in [-0.05, 0) is 12.3 Å². The molecule has 1 aromatic rings. The summed E-state index contributed by atoms with van der Waals surface area (Å²) in [4.78, 5) is 17.8. The Morgan fingerprint density at radius 2 is 2.24 bits per heavy atom. The van der Waals surface area contributed by atoms with Crippen molar-refractivity contribution in [1.29, 1.82) is 0 Å². The second-order valence-corrected chi connectivity index (χ2v) is 4.11. The molecule has 1 aromatic heterocycles. The average molecular weight is 238 g/mol. The number of rotatable bonds is 3. The van der Waals surface area contributed by atoms with E-state index in [1.165, 1.54) is 12.4 Å². The summed E-state index contributed by atoms with van der Waals surface area (Å²) in [7, 11) is 0. The quantitative estimate of drug-likeness (QED) is 0.629. The first kappa shape index (κ1) is 11.7. The van der Waals surface area contributed by atoms with Crippen LogP contribution in [-0.2, 0) is 4.74 Å². The molecule has 2 atom stereocenters. The number of aromatic nitrogens is 2. The van der Waals surface area contributed by atoms with E-state index in [0.717, 1.165) is 13.0 Å². The summed E-state index contributed by atoms with van der Waals surface area (Å²) in [5.74, 6) is 0.803. The van der Waals surface area contributed by atoms with Crippen LogP contribution in [0.2, 0.25) is 0 Å². The number of hydrogen-bond donors (Lipinski definition) is 1. The van der Waals surface area contributed by atoms with Crippen LogP contribution in [-0.4, -0.2) is 34.1 Å². The zero-order valence-electron chi connectivity index (χ0n) is 9.50. The van der Waals surface area contributed by atoms with Crippen molar-refractivity contribution in [2.24, 2.45) is 5.92 Å². The standard InChI is InChI=1S/C10H14N4O3/c1-7-6-17-3-2-9(7)13-10-11-4-8(5-12-10)14(15)16/h4-5,7,9H,2-3,6H2,1H3,(H,11,12,13). The van der Waals surface area contributed by atoms with Gasteiger partial charge in [-0.25, -0.2) is 9.97 Å². The molecule has 0 saturated carbocycles. The van der Waals surface area contributed by atoms with Gasteiger partial charge in [0.1, 0.15) is 12.4 Å². The summed E-state index contributed by atoms with van der Waals surface area (Å²) in [5, 5.41) is 13.6. The molecule has 0 amide bonds. The second-order valence-electron chi connectivity index (χ2n) is 4.11. The summed E-state index contributed by atoms with van der Waals surface area (Å²) in [6.45, 7) is 3.52. The van der Waals surface area contributed by atoms with Gasteiger partial charge < -0.3 is 10.1 Å². The zero-order chi connectivity index (χ0) is 12.3. The highest BCUT2D eigenvalue weighted by Crippen LogP contribution is 2.18. The molecule has 1 aliphatic heterocycles. The van der Waals surface area contributed by atoms with Crippen molar-refractivity contribution in [1.82, 2.24) is 9.97 Å². The maximum absolute atomic E-state index is 10.4. The maximum atomic E-state index is 10.4. The van der Waals surface area contributed by atoms with E-state index in [4.69, 9.17) is 4.74 Å². The van der Waals surface area contributed by atoms with Crippen LogP contribution in [0, 0.1) is 16.0 Å². The van der Waals surface area contributed by atoms with Crippen LogP contribution in [0.15, 0.2) is 12.4 Å². The Bertz CT molecular complexity index is 395. The van der Waals surface area contributed by atoms with Crippen LogP contribution >= 0.6 is 0 Å². The van der Waals surface area contributed by atoms with Gasteiger partial charge in [-0.15, -0.1) is 0 Å². The predicted molar refractivity (Wildman–Crippen MR) is 60.7 cm³/mol. The fourth-order valence-corrected chi connectivity index (χ4v) is 1.75. The molecule has 0 radical (unpaired) electrons. The molecule has 0 aromatic carbocycles. The minimum absolute atomic E-state index is 0.101. The fraction of sp³-hybridized carbons (Fsp3) is 0.600. The van der Waals surface area contributed by atoms with Crippen molar-refractivity contribution in [3.8, 4) is 0 Å². The molecule has 1 aliphatic rings. The highest BCUT2D eigenvalue weighted by Gasteiger charge is 2.22. The number of ether oxygens (including phenoxy) is 1. The maximum Gasteiger partial charge on any atom is 0.305 e. The van der Waals surface area contributed by atoms with Crippen molar-refractivity contribution in [3.05, 3.63) is 22.5 Å². The van der Waals surface area contributed by atoms with Crippen LogP contribution in [0.3, 0.4) is 0 Å². The SMILES string of the molecule is CC1COCCC1Nc1ncc([N+](=O)[O-])cn1. The van der Waals surface area contributed by atoms with E-state index in [0.29, 0.717) is 18.5 Å². The third-order valence-corrected chi connectivity index (χ3v) is 2.80. The van der Waals surface area contributed by atoms with Gasteiger partial charge in [0.25, 0.3) is 0 Å².